The van der Waals surface area contributed by atoms with Crippen LogP contribution in [-0.4, -0.2) is 22.5 Å². The van der Waals surface area contributed by atoms with Crippen LogP contribution in [0.1, 0.15) is 46.5 Å². The number of rotatable bonds is 6. The normalized spacial score (nSPS) is 12.1. The molecule has 0 aliphatic heterocycles. The summed E-state index contributed by atoms with van der Waals surface area (Å²) in [6.45, 7) is 5.18. The molecule has 0 bridgehead atoms. The van der Waals surface area contributed by atoms with Crippen LogP contribution in [0.2, 0.25) is 0 Å². The monoisotopic (exact) mass is 558 g/mol. The molecule has 4 aromatic rings. The zero-order valence-electron chi connectivity index (χ0n) is 21.7. The molecule has 0 fully saturated rings. The zero-order valence-corrected chi connectivity index (χ0v) is 21.7. The first-order valence-corrected chi connectivity index (χ1v) is 12.3. The predicted octanol–water partition coefficient (Wildman–Crippen LogP) is 8.16. The number of aromatic nitrogens is 2. The van der Waals surface area contributed by atoms with Gasteiger partial charge in [0, 0.05) is 22.5 Å². The van der Waals surface area contributed by atoms with Crippen molar-refractivity contribution in [3.05, 3.63) is 106 Å². The quantitative estimate of drug-likeness (QED) is 0.177. The van der Waals surface area contributed by atoms with Crippen molar-refractivity contribution in [3.8, 4) is 22.5 Å². The van der Waals surface area contributed by atoms with E-state index in [0.717, 1.165) is 24.3 Å². The molecule has 0 aliphatic rings. The average molecular weight is 559 g/mol. The third-order valence-electron chi connectivity index (χ3n) is 6.41. The van der Waals surface area contributed by atoms with E-state index in [1.807, 2.05) is 0 Å². The number of esters is 1. The number of alkyl halides is 6. The fourth-order valence-corrected chi connectivity index (χ4v) is 4.38. The van der Waals surface area contributed by atoms with Crippen molar-refractivity contribution in [2.45, 2.75) is 39.0 Å². The largest absolute Gasteiger partial charge is 0.465 e. The Morgan fingerprint density at radius 2 is 1.05 bits per heavy atom. The summed E-state index contributed by atoms with van der Waals surface area (Å²) in [4.78, 5) is 22.2. The molecule has 0 spiro atoms. The predicted molar refractivity (Wildman–Crippen MR) is 137 cm³/mol. The Labute approximate surface area is 226 Å². The maximum Gasteiger partial charge on any atom is 0.416 e. The number of hydrogen-bond acceptors (Lipinski definition) is 4. The summed E-state index contributed by atoms with van der Waals surface area (Å²) in [5.74, 6) is -1.44. The Kier molecular flexibility index (Phi) is 8.00. The van der Waals surface area contributed by atoms with Gasteiger partial charge < -0.3 is 4.74 Å². The number of nitrogens with zero attached hydrogens (tertiary/aromatic N) is 2. The van der Waals surface area contributed by atoms with E-state index in [4.69, 9.17) is 4.74 Å². The Morgan fingerprint density at radius 1 is 0.675 bits per heavy atom. The number of carbonyl (C=O) groups is 1. The molecule has 0 unspecified atom stereocenters. The van der Waals surface area contributed by atoms with Crippen LogP contribution in [0.3, 0.4) is 0 Å². The first-order chi connectivity index (χ1) is 18.8. The van der Waals surface area contributed by atoms with Crippen LogP contribution in [0.4, 0.5) is 26.3 Å². The van der Waals surface area contributed by atoms with Gasteiger partial charge in [0.2, 0.25) is 0 Å². The topological polar surface area (TPSA) is 52.1 Å². The Hall–Kier alpha value is -4.21. The fraction of sp³-hybridized carbons (Fsp3) is 0.233. The SMILES string of the molecule is CCOC(=O)C(c1ccc(-c2ccc(C(F)(F)F)cc2)nc1C)c1ccc(-c2ccc(C(F)(F)F)cc2)nc1C. The van der Waals surface area contributed by atoms with Gasteiger partial charge in [0.15, 0.2) is 0 Å². The van der Waals surface area contributed by atoms with Crippen LogP contribution < -0.4 is 0 Å². The van der Waals surface area contributed by atoms with E-state index in [1.54, 1.807) is 45.0 Å². The van der Waals surface area contributed by atoms with E-state index in [0.29, 0.717) is 45.0 Å². The standard InChI is InChI=1S/C30H24F6N2O2/c1-4-40-28(39)27(23-13-15-25(37-17(23)2)19-5-9-21(10-6-19)29(31,32)33)24-14-16-26(38-18(24)3)20-7-11-22(12-8-20)30(34,35)36/h5-16,27H,4H2,1-3H3. The van der Waals surface area contributed by atoms with Crippen LogP contribution in [-0.2, 0) is 21.9 Å². The molecule has 0 amide bonds. The molecule has 40 heavy (non-hydrogen) atoms. The lowest BCUT2D eigenvalue weighted by molar-refractivity contribution is -0.144. The first kappa shape index (κ1) is 28.8. The fourth-order valence-electron chi connectivity index (χ4n) is 4.38. The van der Waals surface area contributed by atoms with Crippen LogP contribution in [0.25, 0.3) is 22.5 Å². The van der Waals surface area contributed by atoms with Gasteiger partial charge in [-0.25, -0.2) is 0 Å². The van der Waals surface area contributed by atoms with E-state index in [1.165, 1.54) is 24.3 Å². The van der Waals surface area contributed by atoms with Gasteiger partial charge in [-0.2, -0.15) is 26.3 Å². The molecule has 4 nitrogen and oxygen atoms in total. The Bertz CT molecular complexity index is 1400. The van der Waals surface area contributed by atoms with Crippen molar-refractivity contribution in [2.24, 2.45) is 0 Å². The van der Waals surface area contributed by atoms with E-state index in [9.17, 15) is 31.1 Å². The molecular formula is C30H24F6N2O2. The lowest BCUT2D eigenvalue weighted by Gasteiger charge is -2.20. The van der Waals surface area contributed by atoms with Crippen LogP contribution in [0.5, 0.6) is 0 Å². The van der Waals surface area contributed by atoms with Crippen molar-refractivity contribution < 1.29 is 35.9 Å². The van der Waals surface area contributed by atoms with Crippen molar-refractivity contribution in [2.75, 3.05) is 6.61 Å². The van der Waals surface area contributed by atoms with Gasteiger partial charge in [-0.15, -0.1) is 0 Å². The highest BCUT2D eigenvalue weighted by Crippen LogP contribution is 2.35. The van der Waals surface area contributed by atoms with E-state index in [-0.39, 0.29) is 6.61 Å². The smallest absolute Gasteiger partial charge is 0.416 e. The van der Waals surface area contributed by atoms with E-state index in [2.05, 4.69) is 9.97 Å². The number of halogens is 6. The second-order valence-electron chi connectivity index (χ2n) is 9.08. The van der Waals surface area contributed by atoms with Gasteiger partial charge in [-0.1, -0.05) is 36.4 Å². The van der Waals surface area contributed by atoms with Gasteiger partial charge in [0.1, 0.15) is 5.92 Å². The summed E-state index contributed by atoms with van der Waals surface area (Å²) >= 11 is 0. The molecule has 0 saturated carbocycles. The Morgan fingerprint density at radius 3 is 1.35 bits per heavy atom. The minimum absolute atomic E-state index is 0.127. The van der Waals surface area contributed by atoms with Crippen LogP contribution in [0, 0.1) is 13.8 Å². The second-order valence-corrected chi connectivity index (χ2v) is 9.08. The highest BCUT2D eigenvalue weighted by Gasteiger charge is 2.32. The van der Waals surface area contributed by atoms with Crippen LogP contribution >= 0.6 is 0 Å². The number of benzene rings is 2. The second kappa shape index (κ2) is 11.1. The molecule has 0 aliphatic carbocycles. The highest BCUT2D eigenvalue weighted by atomic mass is 19.4. The molecule has 4 rings (SSSR count). The lowest BCUT2D eigenvalue weighted by Crippen LogP contribution is -2.20. The van der Waals surface area contributed by atoms with Crippen molar-refractivity contribution >= 4 is 5.97 Å². The number of carbonyl (C=O) groups excluding carboxylic acids is 1. The lowest BCUT2D eigenvalue weighted by atomic mass is 9.88. The van der Waals surface area contributed by atoms with E-state index >= 15 is 0 Å². The highest BCUT2D eigenvalue weighted by molar-refractivity contribution is 5.83. The van der Waals surface area contributed by atoms with Crippen molar-refractivity contribution in [1.82, 2.24) is 9.97 Å². The molecule has 0 atom stereocenters. The minimum Gasteiger partial charge on any atom is -0.465 e. The summed E-state index contributed by atoms with van der Waals surface area (Å²) in [5.41, 5.74) is 2.30. The van der Waals surface area contributed by atoms with Gasteiger partial charge >= 0.3 is 18.3 Å². The number of hydrogen-bond donors (Lipinski definition) is 0. The van der Waals surface area contributed by atoms with Gasteiger partial charge in [-0.3, -0.25) is 14.8 Å². The summed E-state index contributed by atoms with van der Waals surface area (Å²) < 4.78 is 82.9. The van der Waals surface area contributed by atoms with Crippen LogP contribution in [0.15, 0.2) is 72.8 Å². The van der Waals surface area contributed by atoms with Crippen molar-refractivity contribution in [1.29, 1.82) is 0 Å². The van der Waals surface area contributed by atoms with Gasteiger partial charge in [0.05, 0.1) is 29.1 Å². The minimum atomic E-state index is -4.45. The molecular weight excluding hydrogens is 534 g/mol. The summed E-state index contributed by atoms with van der Waals surface area (Å²) in [5, 5.41) is 0. The molecule has 0 saturated heterocycles. The molecule has 2 aromatic heterocycles. The first-order valence-electron chi connectivity index (χ1n) is 12.3. The molecule has 2 aromatic carbocycles. The summed E-state index contributed by atoms with van der Waals surface area (Å²) in [6.07, 6.45) is -8.90. The number of pyridine rings is 2. The van der Waals surface area contributed by atoms with Gasteiger partial charge in [0.25, 0.3) is 0 Å². The van der Waals surface area contributed by atoms with Crippen molar-refractivity contribution in [3.63, 3.8) is 0 Å². The molecule has 10 heteroatoms. The van der Waals surface area contributed by atoms with E-state index < -0.39 is 35.4 Å². The maximum absolute atomic E-state index is 13.1. The molecule has 0 radical (unpaired) electrons. The number of aryl methyl sites for hydroxylation is 2. The summed E-state index contributed by atoms with van der Waals surface area (Å²) in [6, 6.07) is 15.9. The zero-order chi connectivity index (χ0) is 29.2. The third-order valence-corrected chi connectivity index (χ3v) is 6.41. The molecule has 0 N–H and O–H groups in total. The third kappa shape index (κ3) is 6.16. The number of ether oxygens (including phenoxy) is 1. The Balaban J connectivity index is 1.69. The molecule has 208 valence electrons. The summed E-state index contributed by atoms with van der Waals surface area (Å²) in [7, 11) is 0. The van der Waals surface area contributed by atoms with Gasteiger partial charge in [-0.05, 0) is 68.3 Å². The average Bonchev–Trinajstić information content (AvgIpc) is 2.90. The molecule has 2 heterocycles. The maximum atomic E-state index is 13.1.